The molecule has 35 heavy (non-hydrogen) atoms. The molecule has 2 aromatic carbocycles. The minimum atomic E-state index is -0.634. The lowest BCUT2D eigenvalue weighted by atomic mass is 10.1. The lowest BCUT2D eigenvalue weighted by Gasteiger charge is -2.18. The number of nitrogens with zero attached hydrogens (tertiary/aromatic N) is 2. The van der Waals surface area contributed by atoms with Crippen molar-refractivity contribution >= 4 is 22.8 Å². The summed E-state index contributed by atoms with van der Waals surface area (Å²) in [6.07, 6.45) is 4.36. The van der Waals surface area contributed by atoms with Crippen molar-refractivity contribution in [3.8, 4) is 11.5 Å². The first-order valence-electron chi connectivity index (χ1n) is 11.9. The van der Waals surface area contributed by atoms with Crippen molar-refractivity contribution in [2.24, 2.45) is 0 Å². The van der Waals surface area contributed by atoms with Crippen molar-refractivity contribution in [3.05, 3.63) is 63.7 Å². The zero-order valence-electron chi connectivity index (χ0n) is 19.4. The maximum atomic E-state index is 12.8. The van der Waals surface area contributed by atoms with E-state index >= 15 is 0 Å². The molecule has 1 aromatic heterocycles. The van der Waals surface area contributed by atoms with E-state index < -0.39 is 18.5 Å². The number of hydrogen-bond acceptors (Lipinski definition) is 7. The van der Waals surface area contributed by atoms with Gasteiger partial charge in [-0.1, -0.05) is 12.5 Å². The molecule has 0 saturated heterocycles. The van der Waals surface area contributed by atoms with E-state index in [4.69, 9.17) is 14.2 Å². The molecule has 0 radical (unpaired) electrons. The van der Waals surface area contributed by atoms with Crippen LogP contribution in [0.2, 0.25) is 0 Å². The summed E-state index contributed by atoms with van der Waals surface area (Å²) >= 11 is 0. The van der Waals surface area contributed by atoms with Crippen molar-refractivity contribution in [1.29, 1.82) is 0 Å². The molecule has 182 valence electrons. The van der Waals surface area contributed by atoms with Gasteiger partial charge in [-0.05, 0) is 55.2 Å². The Hall–Kier alpha value is -3.88. The standard InChI is InChI=1S/C26H27N3O6/c30-24(27-10-9-17-5-8-21-22(14-17)34-13-12-33-21)16-35-26(32)18-6-7-19-20(15-18)28-23-4-2-1-3-11-29(23)25(19)31/h5-8,14-15H,1-4,9-13,16H2,(H,27,30). The van der Waals surface area contributed by atoms with Gasteiger partial charge in [-0.2, -0.15) is 0 Å². The predicted molar refractivity (Wildman–Crippen MR) is 128 cm³/mol. The maximum Gasteiger partial charge on any atom is 0.338 e. The van der Waals surface area contributed by atoms with Crippen LogP contribution in [0.3, 0.4) is 0 Å². The van der Waals surface area contributed by atoms with Gasteiger partial charge in [0.25, 0.3) is 11.5 Å². The largest absolute Gasteiger partial charge is 0.486 e. The van der Waals surface area contributed by atoms with Crippen LogP contribution in [0.15, 0.2) is 41.2 Å². The number of benzene rings is 2. The highest BCUT2D eigenvalue weighted by molar-refractivity contribution is 5.95. The van der Waals surface area contributed by atoms with Gasteiger partial charge in [-0.25, -0.2) is 9.78 Å². The molecule has 0 unspecified atom stereocenters. The Morgan fingerprint density at radius 3 is 2.77 bits per heavy atom. The SMILES string of the molecule is O=C(COC(=O)c1ccc2c(=O)n3c(nc2c1)CCCCC3)NCCc1ccc2c(c1)OCCO2. The molecule has 9 nitrogen and oxygen atoms in total. The zero-order valence-corrected chi connectivity index (χ0v) is 19.4. The van der Waals surface area contributed by atoms with Gasteiger partial charge in [-0.3, -0.25) is 14.2 Å². The summed E-state index contributed by atoms with van der Waals surface area (Å²) in [5, 5.41) is 3.23. The van der Waals surface area contributed by atoms with Crippen molar-refractivity contribution in [3.63, 3.8) is 0 Å². The summed E-state index contributed by atoms with van der Waals surface area (Å²) in [7, 11) is 0. The second-order valence-electron chi connectivity index (χ2n) is 8.68. The van der Waals surface area contributed by atoms with E-state index in [-0.39, 0.29) is 11.1 Å². The Labute approximate surface area is 202 Å². The molecule has 0 saturated carbocycles. The number of rotatable bonds is 6. The highest BCUT2D eigenvalue weighted by atomic mass is 16.6. The molecule has 2 aliphatic heterocycles. The van der Waals surface area contributed by atoms with Gasteiger partial charge in [0.05, 0.1) is 16.5 Å². The van der Waals surface area contributed by atoms with Crippen LogP contribution in [0.25, 0.3) is 10.9 Å². The summed E-state index contributed by atoms with van der Waals surface area (Å²) in [4.78, 5) is 42.1. The van der Waals surface area contributed by atoms with Gasteiger partial charge in [0.15, 0.2) is 18.1 Å². The topological polar surface area (TPSA) is 109 Å². The summed E-state index contributed by atoms with van der Waals surface area (Å²) in [5.41, 5.74) is 1.65. The number of esters is 1. The molecule has 0 fully saturated rings. The van der Waals surface area contributed by atoms with E-state index in [0.29, 0.717) is 49.4 Å². The number of carbonyl (C=O) groups is 2. The minimum Gasteiger partial charge on any atom is -0.486 e. The van der Waals surface area contributed by atoms with Crippen LogP contribution in [-0.2, 0) is 28.9 Å². The number of aromatic nitrogens is 2. The average molecular weight is 478 g/mol. The molecule has 9 heteroatoms. The summed E-state index contributed by atoms with van der Waals surface area (Å²) < 4.78 is 18.0. The van der Waals surface area contributed by atoms with E-state index in [2.05, 4.69) is 10.3 Å². The van der Waals surface area contributed by atoms with Crippen molar-refractivity contribution in [1.82, 2.24) is 14.9 Å². The first-order valence-corrected chi connectivity index (χ1v) is 11.9. The number of carbonyl (C=O) groups excluding carboxylic acids is 2. The second kappa shape index (κ2) is 10.2. The zero-order chi connectivity index (χ0) is 24.2. The minimum absolute atomic E-state index is 0.0794. The van der Waals surface area contributed by atoms with Crippen LogP contribution < -0.4 is 20.3 Å². The normalized spacial score (nSPS) is 14.6. The molecule has 3 aromatic rings. The highest BCUT2D eigenvalue weighted by Gasteiger charge is 2.17. The van der Waals surface area contributed by atoms with Crippen molar-refractivity contribution in [2.75, 3.05) is 26.4 Å². The smallest absolute Gasteiger partial charge is 0.338 e. The van der Waals surface area contributed by atoms with Crippen LogP contribution in [0.4, 0.5) is 0 Å². The van der Waals surface area contributed by atoms with Crippen LogP contribution in [-0.4, -0.2) is 47.8 Å². The Morgan fingerprint density at radius 2 is 1.89 bits per heavy atom. The molecular weight excluding hydrogens is 450 g/mol. The highest BCUT2D eigenvalue weighted by Crippen LogP contribution is 2.30. The molecular formula is C26H27N3O6. The summed E-state index contributed by atoms with van der Waals surface area (Å²) in [6, 6.07) is 10.4. The third-order valence-electron chi connectivity index (χ3n) is 6.23. The Balaban J connectivity index is 1.15. The van der Waals surface area contributed by atoms with Gasteiger partial charge in [-0.15, -0.1) is 0 Å². The van der Waals surface area contributed by atoms with E-state index in [1.165, 1.54) is 6.07 Å². The predicted octanol–water partition coefficient (Wildman–Crippen LogP) is 2.41. The van der Waals surface area contributed by atoms with E-state index in [1.807, 2.05) is 18.2 Å². The quantitative estimate of drug-likeness (QED) is 0.543. The molecule has 0 spiro atoms. The fourth-order valence-electron chi connectivity index (χ4n) is 4.40. The summed E-state index contributed by atoms with van der Waals surface area (Å²) in [6.45, 7) is 1.73. The number of hydrogen-bond donors (Lipinski definition) is 1. The molecule has 1 amide bonds. The fraction of sp³-hybridized carbons (Fsp3) is 0.385. The van der Waals surface area contributed by atoms with Crippen LogP contribution in [0.1, 0.15) is 41.0 Å². The molecule has 2 aliphatic rings. The van der Waals surface area contributed by atoms with Gasteiger partial charge in [0.1, 0.15) is 19.0 Å². The molecule has 0 bridgehead atoms. The lowest BCUT2D eigenvalue weighted by molar-refractivity contribution is -0.124. The molecule has 3 heterocycles. The number of ether oxygens (including phenoxy) is 3. The van der Waals surface area contributed by atoms with Crippen LogP contribution >= 0.6 is 0 Å². The third-order valence-corrected chi connectivity index (χ3v) is 6.23. The number of amides is 1. The van der Waals surface area contributed by atoms with Crippen molar-refractivity contribution in [2.45, 2.75) is 38.6 Å². The number of fused-ring (bicyclic) bond motifs is 3. The molecule has 0 aliphatic carbocycles. The Bertz CT molecular complexity index is 1330. The van der Waals surface area contributed by atoms with Crippen LogP contribution in [0, 0.1) is 0 Å². The van der Waals surface area contributed by atoms with Crippen molar-refractivity contribution < 1.29 is 23.8 Å². The Kier molecular flexibility index (Phi) is 6.65. The molecule has 0 atom stereocenters. The average Bonchev–Trinajstić information content (AvgIpc) is 3.13. The van der Waals surface area contributed by atoms with Gasteiger partial charge >= 0.3 is 5.97 Å². The van der Waals surface area contributed by atoms with E-state index in [0.717, 1.165) is 42.8 Å². The van der Waals surface area contributed by atoms with Crippen LogP contribution in [0.5, 0.6) is 11.5 Å². The molecule has 1 N–H and O–H groups in total. The first-order chi connectivity index (χ1) is 17.1. The fourth-order valence-corrected chi connectivity index (χ4v) is 4.40. The van der Waals surface area contributed by atoms with Gasteiger partial charge < -0.3 is 19.5 Å². The number of aryl methyl sites for hydroxylation is 1. The maximum absolute atomic E-state index is 12.8. The first kappa shape index (κ1) is 22.9. The third kappa shape index (κ3) is 5.13. The lowest BCUT2D eigenvalue weighted by Crippen LogP contribution is -2.30. The summed E-state index contributed by atoms with van der Waals surface area (Å²) in [5.74, 6) is 1.16. The Morgan fingerprint density at radius 1 is 1.03 bits per heavy atom. The number of nitrogens with one attached hydrogen (secondary N) is 1. The van der Waals surface area contributed by atoms with E-state index in [1.54, 1.807) is 16.7 Å². The second-order valence-corrected chi connectivity index (χ2v) is 8.68. The van der Waals surface area contributed by atoms with Gasteiger partial charge in [0, 0.05) is 19.5 Å². The molecule has 5 rings (SSSR count). The van der Waals surface area contributed by atoms with E-state index in [9.17, 15) is 14.4 Å². The monoisotopic (exact) mass is 477 g/mol. The van der Waals surface area contributed by atoms with Gasteiger partial charge in [0.2, 0.25) is 0 Å².